The minimum absolute atomic E-state index is 0.223. The van der Waals surface area contributed by atoms with Gasteiger partial charge in [-0.05, 0) is 54.3 Å². The van der Waals surface area contributed by atoms with E-state index in [-0.39, 0.29) is 12.5 Å². The van der Waals surface area contributed by atoms with Crippen LogP contribution in [0.3, 0.4) is 0 Å². The molecule has 0 saturated heterocycles. The highest BCUT2D eigenvalue weighted by Crippen LogP contribution is 2.28. The lowest BCUT2D eigenvalue weighted by Crippen LogP contribution is -2.13. The molecule has 1 N–H and O–H groups in total. The Bertz CT molecular complexity index is 1250. The van der Waals surface area contributed by atoms with Gasteiger partial charge in [-0.15, -0.1) is 0 Å². The van der Waals surface area contributed by atoms with E-state index in [2.05, 4.69) is 5.32 Å². The zero-order chi connectivity index (χ0) is 21.8. The number of hydrogen-bond acceptors (Lipinski definition) is 3. The van der Waals surface area contributed by atoms with Gasteiger partial charge in [0.2, 0.25) is 0 Å². The summed E-state index contributed by atoms with van der Waals surface area (Å²) in [4.78, 5) is 12.8. The first-order chi connectivity index (χ1) is 15.0. The summed E-state index contributed by atoms with van der Waals surface area (Å²) in [5, 5.41) is 5.64. The highest BCUT2D eigenvalue weighted by Gasteiger charge is 2.13. The maximum absolute atomic E-state index is 12.8. The molecule has 1 amide bonds. The lowest BCUT2D eigenvalue weighted by atomic mass is 10.1. The van der Waals surface area contributed by atoms with Gasteiger partial charge in [0.1, 0.15) is 18.1 Å². The first-order valence-corrected chi connectivity index (χ1v) is 10.3. The molecular weight excluding hydrogens is 410 g/mol. The van der Waals surface area contributed by atoms with Gasteiger partial charge >= 0.3 is 0 Å². The predicted octanol–water partition coefficient (Wildman–Crippen LogP) is 6.64. The number of fused-ring (bicyclic) bond motifs is 1. The molecule has 4 aromatic rings. The van der Waals surface area contributed by atoms with E-state index in [4.69, 9.17) is 21.1 Å². The zero-order valence-electron chi connectivity index (χ0n) is 17.3. The molecule has 0 heterocycles. The summed E-state index contributed by atoms with van der Waals surface area (Å²) < 4.78 is 11.6. The molecule has 0 aromatic heterocycles. The number of aryl methyl sites for hydroxylation is 1. The summed E-state index contributed by atoms with van der Waals surface area (Å²) in [7, 11) is 1.60. The third-order valence-electron chi connectivity index (χ3n) is 5.12. The van der Waals surface area contributed by atoms with E-state index >= 15 is 0 Å². The van der Waals surface area contributed by atoms with Crippen LogP contribution >= 0.6 is 11.6 Å². The molecule has 0 saturated carbocycles. The van der Waals surface area contributed by atoms with E-state index in [0.717, 1.165) is 27.6 Å². The van der Waals surface area contributed by atoms with Gasteiger partial charge in [-0.3, -0.25) is 4.79 Å². The molecule has 0 aliphatic carbocycles. The quantitative estimate of drug-likeness (QED) is 0.372. The van der Waals surface area contributed by atoms with Crippen LogP contribution in [0.2, 0.25) is 5.02 Å². The van der Waals surface area contributed by atoms with Crippen molar-refractivity contribution in [1.82, 2.24) is 0 Å². The van der Waals surface area contributed by atoms with Gasteiger partial charge in [-0.1, -0.05) is 54.1 Å². The molecule has 0 bridgehead atoms. The molecule has 156 valence electrons. The number of benzene rings is 4. The smallest absolute Gasteiger partial charge is 0.255 e. The molecule has 0 atom stereocenters. The number of halogens is 1. The standard InChI is InChI=1S/C26H22ClNO3/c1-17-10-12-21(27)15-23(17)28-26(29)19-11-13-24(30-2)20(14-19)16-31-25-9-5-7-18-6-3-4-8-22(18)25/h3-15H,16H2,1-2H3,(H,28,29). The van der Waals surface area contributed by atoms with E-state index in [1.807, 2.05) is 55.5 Å². The minimum Gasteiger partial charge on any atom is -0.496 e. The van der Waals surface area contributed by atoms with Gasteiger partial charge in [0, 0.05) is 27.2 Å². The Kier molecular flexibility index (Phi) is 6.10. The van der Waals surface area contributed by atoms with E-state index in [1.54, 1.807) is 37.4 Å². The summed E-state index contributed by atoms with van der Waals surface area (Å²) >= 11 is 6.07. The number of hydrogen-bond donors (Lipinski definition) is 1. The summed E-state index contributed by atoms with van der Waals surface area (Å²) in [6.07, 6.45) is 0. The zero-order valence-corrected chi connectivity index (χ0v) is 18.1. The van der Waals surface area contributed by atoms with E-state index in [0.29, 0.717) is 22.0 Å². The Balaban J connectivity index is 1.57. The van der Waals surface area contributed by atoms with Gasteiger partial charge in [0.15, 0.2) is 0 Å². The van der Waals surface area contributed by atoms with E-state index in [9.17, 15) is 4.79 Å². The van der Waals surface area contributed by atoms with Crippen molar-refractivity contribution in [3.8, 4) is 11.5 Å². The van der Waals surface area contributed by atoms with Crippen molar-refractivity contribution in [2.75, 3.05) is 12.4 Å². The van der Waals surface area contributed by atoms with Crippen LogP contribution in [0.1, 0.15) is 21.5 Å². The van der Waals surface area contributed by atoms with Crippen molar-refractivity contribution < 1.29 is 14.3 Å². The van der Waals surface area contributed by atoms with Crippen molar-refractivity contribution in [3.05, 3.63) is 101 Å². The highest BCUT2D eigenvalue weighted by molar-refractivity contribution is 6.31. The van der Waals surface area contributed by atoms with Crippen LogP contribution in [0.25, 0.3) is 10.8 Å². The van der Waals surface area contributed by atoms with Crippen molar-refractivity contribution in [3.63, 3.8) is 0 Å². The Morgan fingerprint density at radius 2 is 1.74 bits per heavy atom. The first kappa shape index (κ1) is 20.8. The number of carbonyl (C=O) groups is 1. The van der Waals surface area contributed by atoms with Crippen LogP contribution < -0.4 is 14.8 Å². The second kappa shape index (κ2) is 9.11. The summed E-state index contributed by atoms with van der Waals surface area (Å²) in [6, 6.07) is 24.7. The lowest BCUT2D eigenvalue weighted by molar-refractivity contribution is 0.102. The molecule has 0 spiro atoms. The third kappa shape index (κ3) is 4.65. The highest BCUT2D eigenvalue weighted by atomic mass is 35.5. The SMILES string of the molecule is COc1ccc(C(=O)Nc2cc(Cl)ccc2C)cc1COc1cccc2ccccc12. The number of anilines is 1. The third-order valence-corrected chi connectivity index (χ3v) is 5.36. The number of nitrogens with one attached hydrogen (secondary N) is 1. The van der Waals surface area contributed by atoms with Gasteiger partial charge < -0.3 is 14.8 Å². The fourth-order valence-corrected chi connectivity index (χ4v) is 3.61. The lowest BCUT2D eigenvalue weighted by Gasteiger charge is -2.14. The fourth-order valence-electron chi connectivity index (χ4n) is 3.43. The summed E-state index contributed by atoms with van der Waals surface area (Å²) in [5.41, 5.74) is 2.91. The van der Waals surface area contributed by atoms with Gasteiger partial charge in [0.05, 0.1) is 7.11 Å². The van der Waals surface area contributed by atoms with Crippen LogP contribution in [-0.2, 0) is 6.61 Å². The van der Waals surface area contributed by atoms with Crippen molar-refractivity contribution >= 4 is 34.0 Å². The van der Waals surface area contributed by atoms with E-state index < -0.39 is 0 Å². The Labute approximate surface area is 186 Å². The molecule has 0 aliphatic heterocycles. The Morgan fingerprint density at radius 3 is 2.58 bits per heavy atom. The molecule has 31 heavy (non-hydrogen) atoms. The van der Waals surface area contributed by atoms with Gasteiger partial charge in [-0.25, -0.2) is 0 Å². The molecule has 5 heteroatoms. The average Bonchev–Trinajstić information content (AvgIpc) is 2.79. The summed E-state index contributed by atoms with van der Waals surface area (Å²) in [6.45, 7) is 2.19. The maximum atomic E-state index is 12.8. The largest absolute Gasteiger partial charge is 0.496 e. The molecule has 0 unspecified atom stereocenters. The van der Waals surface area contributed by atoms with Crippen molar-refractivity contribution in [1.29, 1.82) is 0 Å². The molecule has 0 radical (unpaired) electrons. The number of rotatable bonds is 6. The maximum Gasteiger partial charge on any atom is 0.255 e. The monoisotopic (exact) mass is 431 g/mol. The molecule has 4 rings (SSSR count). The average molecular weight is 432 g/mol. The number of methoxy groups -OCH3 is 1. The van der Waals surface area contributed by atoms with Gasteiger partial charge in [-0.2, -0.15) is 0 Å². The van der Waals surface area contributed by atoms with Crippen LogP contribution in [0.5, 0.6) is 11.5 Å². The summed E-state index contributed by atoms with van der Waals surface area (Å²) in [5.74, 6) is 1.22. The van der Waals surface area contributed by atoms with Crippen LogP contribution in [-0.4, -0.2) is 13.0 Å². The van der Waals surface area contributed by atoms with Crippen molar-refractivity contribution in [2.45, 2.75) is 13.5 Å². The van der Waals surface area contributed by atoms with Crippen LogP contribution in [0.4, 0.5) is 5.69 Å². The molecule has 4 aromatic carbocycles. The predicted molar refractivity (Wildman–Crippen MR) is 125 cm³/mol. The Hall–Kier alpha value is -3.50. The Morgan fingerprint density at radius 1 is 0.935 bits per heavy atom. The number of amides is 1. The topological polar surface area (TPSA) is 47.6 Å². The normalized spacial score (nSPS) is 10.7. The van der Waals surface area contributed by atoms with Crippen molar-refractivity contribution in [2.24, 2.45) is 0 Å². The molecule has 0 fully saturated rings. The fraction of sp³-hybridized carbons (Fsp3) is 0.115. The molecule has 0 aliphatic rings. The first-order valence-electron chi connectivity index (χ1n) is 9.90. The number of carbonyl (C=O) groups excluding carboxylic acids is 1. The molecule has 4 nitrogen and oxygen atoms in total. The van der Waals surface area contributed by atoms with Crippen LogP contribution in [0.15, 0.2) is 78.9 Å². The minimum atomic E-state index is -0.223. The number of ether oxygens (including phenoxy) is 2. The second-order valence-corrected chi connectivity index (χ2v) is 7.64. The van der Waals surface area contributed by atoms with E-state index in [1.165, 1.54) is 0 Å². The van der Waals surface area contributed by atoms with Crippen LogP contribution in [0, 0.1) is 6.92 Å². The van der Waals surface area contributed by atoms with Gasteiger partial charge in [0.25, 0.3) is 5.91 Å². The second-order valence-electron chi connectivity index (χ2n) is 7.21. The molecular formula is C26H22ClNO3.